The van der Waals surface area contributed by atoms with E-state index in [0.29, 0.717) is 18.3 Å². The van der Waals surface area contributed by atoms with Crippen molar-refractivity contribution in [3.05, 3.63) is 11.7 Å². The van der Waals surface area contributed by atoms with Crippen molar-refractivity contribution in [1.82, 2.24) is 15.0 Å². The number of rotatable bonds is 3. The topological polar surface area (TPSA) is 79.5 Å². The first kappa shape index (κ1) is 13.5. The lowest BCUT2D eigenvalue weighted by Gasteiger charge is -2.26. The molecule has 1 N–H and O–H groups in total. The van der Waals surface area contributed by atoms with E-state index in [1.807, 2.05) is 4.90 Å². The van der Waals surface area contributed by atoms with E-state index in [1.165, 1.54) is 19.3 Å². The third-order valence-electron chi connectivity index (χ3n) is 4.44. The number of hydrogen-bond acceptors (Lipinski definition) is 5. The number of likely N-dealkylation sites (tertiary alicyclic amines) is 1. The normalized spacial score (nSPS) is 24.2. The molecule has 0 spiro atoms. The molecule has 1 aromatic heterocycles. The number of nitrogens with zero attached hydrogens (tertiary/aromatic N) is 3. The van der Waals surface area contributed by atoms with Gasteiger partial charge in [0.1, 0.15) is 6.61 Å². The molecule has 1 unspecified atom stereocenters. The number of carbonyl (C=O) groups excluding carboxylic acids is 1. The molecule has 1 aliphatic carbocycles. The SMILES string of the molecule is O=C(C1CCCCC1)N1CCC(c2noc(CO)n2)C1. The third-order valence-corrected chi connectivity index (χ3v) is 4.44. The number of aliphatic hydroxyl groups excluding tert-OH is 1. The van der Waals surface area contributed by atoms with Gasteiger partial charge in [-0.1, -0.05) is 24.4 Å². The molecule has 1 saturated carbocycles. The highest BCUT2D eigenvalue weighted by Gasteiger charge is 2.33. The maximum atomic E-state index is 12.5. The quantitative estimate of drug-likeness (QED) is 0.906. The molecule has 3 rings (SSSR count). The van der Waals surface area contributed by atoms with Gasteiger partial charge in [-0.3, -0.25) is 4.79 Å². The van der Waals surface area contributed by atoms with Crippen LogP contribution in [0.4, 0.5) is 0 Å². The zero-order chi connectivity index (χ0) is 13.9. The summed E-state index contributed by atoms with van der Waals surface area (Å²) in [5.41, 5.74) is 0. The summed E-state index contributed by atoms with van der Waals surface area (Å²) in [7, 11) is 0. The average Bonchev–Trinajstić information content (AvgIpc) is 3.16. The Bertz CT molecular complexity index is 468. The van der Waals surface area contributed by atoms with Gasteiger partial charge >= 0.3 is 0 Å². The van der Waals surface area contributed by atoms with Crippen molar-refractivity contribution >= 4 is 5.91 Å². The Labute approximate surface area is 118 Å². The molecule has 1 atom stereocenters. The van der Waals surface area contributed by atoms with Gasteiger partial charge in [0.05, 0.1) is 0 Å². The van der Waals surface area contributed by atoms with Crippen LogP contribution in [0.5, 0.6) is 0 Å². The summed E-state index contributed by atoms with van der Waals surface area (Å²) in [4.78, 5) is 18.6. The minimum absolute atomic E-state index is 0.145. The fourth-order valence-electron chi connectivity index (χ4n) is 3.28. The minimum Gasteiger partial charge on any atom is -0.387 e. The van der Waals surface area contributed by atoms with Gasteiger partial charge < -0.3 is 14.5 Å². The molecule has 2 heterocycles. The van der Waals surface area contributed by atoms with E-state index >= 15 is 0 Å². The number of aromatic nitrogens is 2. The molecule has 1 aromatic rings. The van der Waals surface area contributed by atoms with E-state index in [1.54, 1.807) is 0 Å². The molecule has 0 radical (unpaired) electrons. The first-order chi connectivity index (χ1) is 9.78. The van der Waals surface area contributed by atoms with Crippen LogP contribution in [0.15, 0.2) is 4.52 Å². The van der Waals surface area contributed by atoms with Crippen molar-refractivity contribution in [1.29, 1.82) is 0 Å². The Hall–Kier alpha value is -1.43. The van der Waals surface area contributed by atoms with Crippen LogP contribution in [0, 0.1) is 5.92 Å². The Morgan fingerprint density at radius 3 is 2.80 bits per heavy atom. The molecule has 6 nitrogen and oxygen atoms in total. The smallest absolute Gasteiger partial charge is 0.252 e. The van der Waals surface area contributed by atoms with Crippen LogP contribution in [0.3, 0.4) is 0 Å². The molecule has 0 bridgehead atoms. The van der Waals surface area contributed by atoms with Gasteiger partial charge in [0.2, 0.25) is 5.91 Å². The van der Waals surface area contributed by atoms with Crippen molar-refractivity contribution in [2.45, 2.75) is 51.0 Å². The molecule has 110 valence electrons. The molecule has 1 amide bonds. The van der Waals surface area contributed by atoms with E-state index < -0.39 is 0 Å². The Morgan fingerprint density at radius 2 is 2.10 bits per heavy atom. The first-order valence-corrected chi connectivity index (χ1v) is 7.50. The molecule has 2 aliphatic rings. The number of hydrogen-bond donors (Lipinski definition) is 1. The largest absolute Gasteiger partial charge is 0.387 e. The van der Waals surface area contributed by atoms with Gasteiger partial charge in [-0.15, -0.1) is 0 Å². The molecule has 0 aromatic carbocycles. The zero-order valence-electron chi connectivity index (χ0n) is 11.6. The summed E-state index contributed by atoms with van der Waals surface area (Å²) in [6.07, 6.45) is 6.58. The summed E-state index contributed by atoms with van der Waals surface area (Å²) in [6.45, 7) is 1.23. The molecule has 1 saturated heterocycles. The van der Waals surface area contributed by atoms with E-state index in [0.717, 1.165) is 25.8 Å². The highest BCUT2D eigenvalue weighted by molar-refractivity contribution is 5.79. The minimum atomic E-state index is -0.232. The lowest BCUT2D eigenvalue weighted by molar-refractivity contribution is -0.135. The van der Waals surface area contributed by atoms with Gasteiger partial charge in [0.25, 0.3) is 5.89 Å². The van der Waals surface area contributed by atoms with E-state index in [2.05, 4.69) is 10.1 Å². The molecule has 6 heteroatoms. The Morgan fingerprint density at radius 1 is 1.30 bits per heavy atom. The van der Waals surface area contributed by atoms with Crippen molar-refractivity contribution in [2.24, 2.45) is 5.92 Å². The van der Waals surface area contributed by atoms with Crippen LogP contribution < -0.4 is 0 Å². The van der Waals surface area contributed by atoms with Crippen LogP contribution in [-0.4, -0.2) is 39.1 Å². The summed E-state index contributed by atoms with van der Waals surface area (Å²) in [5.74, 6) is 1.54. The van der Waals surface area contributed by atoms with Crippen molar-refractivity contribution in [2.75, 3.05) is 13.1 Å². The van der Waals surface area contributed by atoms with Gasteiger partial charge in [0.15, 0.2) is 5.82 Å². The van der Waals surface area contributed by atoms with E-state index in [4.69, 9.17) is 9.63 Å². The predicted octanol–water partition coefficient (Wildman–Crippen LogP) is 1.46. The van der Waals surface area contributed by atoms with Crippen molar-refractivity contribution in [3.8, 4) is 0 Å². The van der Waals surface area contributed by atoms with Crippen molar-refractivity contribution < 1.29 is 14.4 Å². The molecular weight excluding hydrogens is 258 g/mol. The van der Waals surface area contributed by atoms with Crippen LogP contribution >= 0.6 is 0 Å². The standard InChI is InChI=1S/C14H21N3O3/c18-9-12-15-13(16-20-12)11-6-7-17(8-11)14(19)10-4-2-1-3-5-10/h10-11,18H,1-9H2. The van der Waals surface area contributed by atoms with Crippen LogP contribution in [-0.2, 0) is 11.4 Å². The second-order valence-electron chi connectivity index (χ2n) is 5.81. The number of aliphatic hydroxyl groups is 1. The van der Waals surface area contributed by atoms with Gasteiger partial charge in [0, 0.05) is 24.9 Å². The second kappa shape index (κ2) is 5.91. The number of amides is 1. The van der Waals surface area contributed by atoms with Crippen LogP contribution in [0.1, 0.15) is 56.2 Å². The fourth-order valence-corrected chi connectivity index (χ4v) is 3.28. The van der Waals surface area contributed by atoms with Gasteiger partial charge in [-0.25, -0.2) is 0 Å². The summed E-state index contributed by atoms with van der Waals surface area (Å²) >= 11 is 0. The van der Waals surface area contributed by atoms with Crippen LogP contribution in [0.25, 0.3) is 0 Å². The Balaban J connectivity index is 1.59. The van der Waals surface area contributed by atoms with E-state index in [-0.39, 0.29) is 24.3 Å². The van der Waals surface area contributed by atoms with Gasteiger partial charge in [-0.05, 0) is 19.3 Å². The zero-order valence-corrected chi connectivity index (χ0v) is 11.6. The highest BCUT2D eigenvalue weighted by Crippen LogP contribution is 2.30. The van der Waals surface area contributed by atoms with Gasteiger partial charge in [-0.2, -0.15) is 4.98 Å². The molecule has 20 heavy (non-hydrogen) atoms. The van der Waals surface area contributed by atoms with Crippen LogP contribution in [0.2, 0.25) is 0 Å². The lowest BCUT2D eigenvalue weighted by atomic mass is 9.88. The molecule has 2 fully saturated rings. The molecule has 1 aliphatic heterocycles. The fraction of sp³-hybridized carbons (Fsp3) is 0.786. The first-order valence-electron chi connectivity index (χ1n) is 7.50. The Kier molecular flexibility index (Phi) is 4.00. The average molecular weight is 279 g/mol. The molecular formula is C14H21N3O3. The third kappa shape index (κ3) is 2.70. The monoisotopic (exact) mass is 279 g/mol. The number of carbonyl (C=O) groups is 1. The summed E-state index contributed by atoms with van der Waals surface area (Å²) in [6, 6.07) is 0. The predicted molar refractivity (Wildman–Crippen MR) is 70.7 cm³/mol. The second-order valence-corrected chi connectivity index (χ2v) is 5.81. The summed E-state index contributed by atoms with van der Waals surface area (Å²) < 4.78 is 4.92. The maximum absolute atomic E-state index is 12.5. The highest BCUT2D eigenvalue weighted by atomic mass is 16.5. The summed E-state index contributed by atoms with van der Waals surface area (Å²) in [5, 5.41) is 12.8. The lowest BCUT2D eigenvalue weighted by Crippen LogP contribution is -2.35. The maximum Gasteiger partial charge on any atom is 0.252 e. The van der Waals surface area contributed by atoms with E-state index in [9.17, 15) is 4.79 Å². The van der Waals surface area contributed by atoms with Crippen molar-refractivity contribution in [3.63, 3.8) is 0 Å².